The number of alkyl halides is 3. The van der Waals surface area contributed by atoms with Crippen LogP contribution in [0.4, 0.5) is 22.0 Å². The van der Waals surface area contributed by atoms with Crippen molar-refractivity contribution in [2.24, 2.45) is 11.7 Å². The maximum absolute atomic E-state index is 14.6. The van der Waals surface area contributed by atoms with Gasteiger partial charge in [-0.1, -0.05) is 0 Å². The molecule has 11 heteroatoms. The largest absolute Gasteiger partial charge is 0.433 e. The van der Waals surface area contributed by atoms with E-state index in [4.69, 9.17) is 5.73 Å². The van der Waals surface area contributed by atoms with Gasteiger partial charge in [-0.3, -0.25) is 9.78 Å². The smallest absolute Gasteiger partial charge is 0.369 e. The standard InChI is InChI=1S/C19H17F5N2O3S/c20-12-1-3-15(21)14(9-12)18(7-5-11(6-8-18)17(25)27)30(28,29)13-2-4-16(26-10-13)19(22,23)24/h1-4,9-11H,5-8H2,(H2,25,27). The molecule has 162 valence electrons. The molecule has 1 amide bonds. The third kappa shape index (κ3) is 3.78. The van der Waals surface area contributed by atoms with Crippen molar-refractivity contribution in [2.45, 2.75) is 41.5 Å². The van der Waals surface area contributed by atoms with Crippen LogP contribution < -0.4 is 5.73 Å². The molecule has 1 aromatic carbocycles. The van der Waals surface area contributed by atoms with Crippen molar-refractivity contribution < 1.29 is 35.2 Å². The van der Waals surface area contributed by atoms with Crippen molar-refractivity contribution in [3.63, 3.8) is 0 Å². The Morgan fingerprint density at radius 1 is 1.10 bits per heavy atom. The first-order valence-corrected chi connectivity index (χ1v) is 10.4. The zero-order valence-corrected chi connectivity index (χ0v) is 16.2. The van der Waals surface area contributed by atoms with Crippen molar-refractivity contribution in [2.75, 3.05) is 0 Å². The van der Waals surface area contributed by atoms with Gasteiger partial charge in [-0.05, 0) is 56.0 Å². The van der Waals surface area contributed by atoms with Crippen LogP contribution in [0.5, 0.6) is 0 Å². The first-order valence-electron chi connectivity index (χ1n) is 8.91. The number of rotatable bonds is 4. The van der Waals surface area contributed by atoms with E-state index >= 15 is 0 Å². The highest BCUT2D eigenvalue weighted by Crippen LogP contribution is 2.49. The lowest BCUT2D eigenvalue weighted by atomic mass is 9.77. The van der Waals surface area contributed by atoms with Gasteiger partial charge in [0.05, 0.1) is 4.90 Å². The molecular weight excluding hydrogens is 431 g/mol. The fourth-order valence-corrected chi connectivity index (χ4v) is 5.94. The van der Waals surface area contributed by atoms with Crippen LogP contribution in [-0.4, -0.2) is 19.3 Å². The SMILES string of the molecule is NC(=O)C1CCC(c2cc(F)ccc2F)(S(=O)(=O)c2ccc(C(F)(F)F)nc2)CC1. The number of benzene rings is 1. The molecule has 1 aromatic heterocycles. The zero-order chi connectivity index (χ0) is 22.3. The number of pyridine rings is 1. The predicted octanol–water partition coefficient (Wildman–Crippen LogP) is 3.72. The van der Waals surface area contributed by atoms with E-state index in [0.29, 0.717) is 12.3 Å². The molecule has 3 rings (SSSR count). The van der Waals surface area contributed by atoms with Crippen LogP contribution in [-0.2, 0) is 25.6 Å². The molecule has 0 spiro atoms. The summed E-state index contributed by atoms with van der Waals surface area (Å²) in [7, 11) is -4.52. The normalized spacial score (nSPS) is 22.6. The molecule has 1 saturated carbocycles. The van der Waals surface area contributed by atoms with Crippen molar-refractivity contribution in [3.8, 4) is 0 Å². The Morgan fingerprint density at radius 3 is 2.23 bits per heavy atom. The summed E-state index contributed by atoms with van der Waals surface area (Å²) in [6.45, 7) is 0. The van der Waals surface area contributed by atoms with E-state index in [1.165, 1.54) is 0 Å². The van der Waals surface area contributed by atoms with Gasteiger partial charge in [0, 0.05) is 17.7 Å². The first kappa shape index (κ1) is 22.1. The average molecular weight is 448 g/mol. The molecule has 0 saturated heterocycles. The van der Waals surface area contributed by atoms with Crippen molar-refractivity contribution in [1.82, 2.24) is 4.98 Å². The summed E-state index contributed by atoms with van der Waals surface area (Å²) < 4.78 is 91.8. The van der Waals surface area contributed by atoms with E-state index in [0.717, 1.165) is 24.3 Å². The Kier molecular flexibility index (Phi) is 5.61. The number of halogens is 5. The third-order valence-electron chi connectivity index (χ3n) is 5.47. The molecule has 1 aliphatic carbocycles. The minimum Gasteiger partial charge on any atom is -0.369 e. The molecule has 5 nitrogen and oxygen atoms in total. The van der Waals surface area contributed by atoms with E-state index < -0.39 is 60.4 Å². The van der Waals surface area contributed by atoms with E-state index in [1.54, 1.807) is 0 Å². The monoisotopic (exact) mass is 448 g/mol. The lowest BCUT2D eigenvalue weighted by Gasteiger charge is -2.39. The molecule has 0 unspecified atom stereocenters. The highest BCUT2D eigenvalue weighted by Gasteiger charge is 2.51. The number of amides is 1. The molecule has 1 fully saturated rings. The second-order valence-electron chi connectivity index (χ2n) is 7.18. The number of aromatic nitrogens is 1. The van der Waals surface area contributed by atoms with Gasteiger partial charge in [0.25, 0.3) is 0 Å². The van der Waals surface area contributed by atoms with Gasteiger partial charge < -0.3 is 5.73 Å². The van der Waals surface area contributed by atoms with Crippen LogP contribution in [0.1, 0.15) is 36.9 Å². The second kappa shape index (κ2) is 7.60. The second-order valence-corrected chi connectivity index (χ2v) is 9.44. The van der Waals surface area contributed by atoms with Crippen LogP contribution in [0.15, 0.2) is 41.4 Å². The number of nitrogens with two attached hydrogens (primary N) is 1. The number of hydrogen-bond acceptors (Lipinski definition) is 4. The van der Waals surface area contributed by atoms with E-state index in [1.807, 2.05) is 0 Å². The highest BCUT2D eigenvalue weighted by atomic mass is 32.2. The van der Waals surface area contributed by atoms with Gasteiger partial charge in [0.1, 0.15) is 22.1 Å². The summed E-state index contributed by atoms with van der Waals surface area (Å²) in [6.07, 6.45) is -4.74. The Hall–Kier alpha value is -2.56. The molecule has 1 heterocycles. The number of nitrogens with zero attached hydrogens (tertiary/aromatic N) is 1. The van der Waals surface area contributed by atoms with E-state index in [2.05, 4.69) is 4.98 Å². The van der Waals surface area contributed by atoms with E-state index in [9.17, 15) is 35.2 Å². The molecule has 0 atom stereocenters. The highest BCUT2D eigenvalue weighted by molar-refractivity contribution is 7.92. The van der Waals surface area contributed by atoms with Crippen molar-refractivity contribution in [1.29, 1.82) is 0 Å². The predicted molar refractivity (Wildman–Crippen MR) is 95.6 cm³/mol. The summed E-state index contributed by atoms with van der Waals surface area (Å²) in [6, 6.07) is 3.62. The van der Waals surface area contributed by atoms with Crippen molar-refractivity contribution >= 4 is 15.7 Å². The van der Waals surface area contributed by atoms with Gasteiger partial charge in [0.15, 0.2) is 9.84 Å². The van der Waals surface area contributed by atoms with Crippen LogP contribution in [0, 0.1) is 17.6 Å². The number of carbonyl (C=O) groups excluding carboxylic acids is 1. The maximum atomic E-state index is 14.6. The number of hydrogen-bond donors (Lipinski definition) is 1. The van der Waals surface area contributed by atoms with Gasteiger partial charge >= 0.3 is 6.18 Å². The van der Waals surface area contributed by atoms with Crippen LogP contribution in [0.25, 0.3) is 0 Å². The first-order chi connectivity index (χ1) is 13.9. The molecule has 2 aromatic rings. The van der Waals surface area contributed by atoms with Gasteiger partial charge in [-0.15, -0.1) is 0 Å². The number of sulfone groups is 1. The molecule has 2 N–H and O–H groups in total. The summed E-state index contributed by atoms with van der Waals surface area (Å²) in [5, 5.41) is 0. The zero-order valence-electron chi connectivity index (χ0n) is 15.4. The summed E-state index contributed by atoms with van der Waals surface area (Å²) in [4.78, 5) is 14.1. The Bertz CT molecular complexity index is 1060. The fraction of sp³-hybridized carbons (Fsp3) is 0.368. The topological polar surface area (TPSA) is 90.1 Å². The maximum Gasteiger partial charge on any atom is 0.433 e. The van der Waals surface area contributed by atoms with Crippen LogP contribution >= 0.6 is 0 Å². The quantitative estimate of drug-likeness (QED) is 0.722. The minimum atomic E-state index is -4.77. The van der Waals surface area contributed by atoms with E-state index in [-0.39, 0.29) is 25.7 Å². The molecular formula is C19H17F5N2O3S. The molecule has 0 aliphatic heterocycles. The van der Waals surface area contributed by atoms with Crippen LogP contribution in [0.2, 0.25) is 0 Å². The van der Waals surface area contributed by atoms with Gasteiger partial charge in [0.2, 0.25) is 5.91 Å². The molecule has 0 bridgehead atoms. The Morgan fingerprint density at radius 2 is 1.73 bits per heavy atom. The lowest BCUT2D eigenvalue weighted by molar-refractivity contribution is -0.141. The minimum absolute atomic E-state index is 0.00141. The average Bonchev–Trinajstić information content (AvgIpc) is 2.69. The fourth-order valence-electron chi connectivity index (χ4n) is 3.83. The molecule has 30 heavy (non-hydrogen) atoms. The van der Waals surface area contributed by atoms with Gasteiger partial charge in [-0.25, -0.2) is 17.2 Å². The molecule has 1 aliphatic rings. The number of carbonyl (C=O) groups is 1. The lowest BCUT2D eigenvalue weighted by Crippen LogP contribution is -2.42. The van der Waals surface area contributed by atoms with Crippen LogP contribution in [0.3, 0.4) is 0 Å². The Balaban J connectivity index is 2.15. The molecule has 0 radical (unpaired) electrons. The summed E-state index contributed by atoms with van der Waals surface area (Å²) in [5.41, 5.74) is 3.56. The van der Waals surface area contributed by atoms with Crippen molar-refractivity contribution in [3.05, 3.63) is 59.4 Å². The Labute approximate surface area is 169 Å². The number of primary amides is 1. The summed E-state index contributed by atoms with van der Waals surface area (Å²) in [5.74, 6) is -3.13. The van der Waals surface area contributed by atoms with Gasteiger partial charge in [-0.2, -0.15) is 13.2 Å². The third-order valence-corrected chi connectivity index (χ3v) is 7.99. The summed E-state index contributed by atoms with van der Waals surface area (Å²) >= 11 is 0.